The first-order valence-corrected chi connectivity index (χ1v) is 9.35. The first kappa shape index (κ1) is 18.1. The van der Waals surface area contributed by atoms with E-state index in [0.717, 1.165) is 5.56 Å². The summed E-state index contributed by atoms with van der Waals surface area (Å²) in [5.74, 6) is -0.256. The number of ether oxygens (including phenoxy) is 1. The molecule has 130 valence electrons. The molecule has 4 nitrogen and oxygen atoms in total. The quantitative estimate of drug-likeness (QED) is 0.721. The van der Waals surface area contributed by atoms with Crippen LogP contribution in [0.25, 0.3) is 0 Å². The van der Waals surface area contributed by atoms with Crippen molar-refractivity contribution in [3.63, 3.8) is 0 Å². The van der Waals surface area contributed by atoms with Gasteiger partial charge in [-0.05, 0) is 30.3 Å². The van der Waals surface area contributed by atoms with Crippen molar-refractivity contribution in [1.82, 2.24) is 4.90 Å². The lowest BCUT2D eigenvalue weighted by molar-refractivity contribution is -0.145. The number of amides is 1. The maximum atomic E-state index is 13.1. The Morgan fingerprint density at radius 3 is 2.44 bits per heavy atom. The Hall–Kier alpha value is -1.69. The topological polar surface area (TPSA) is 46.6 Å². The van der Waals surface area contributed by atoms with Crippen LogP contribution in [0, 0.1) is 0 Å². The molecule has 0 spiro atoms. The molecule has 0 N–H and O–H groups in total. The van der Waals surface area contributed by atoms with Crippen molar-refractivity contribution >= 4 is 46.8 Å². The van der Waals surface area contributed by atoms with Crippen molar-refractivity contribution in [3.8, 4) is 0 Å². The van der Waals surface area contributed by atoms with Crippen LogP contribution >= 0.6 is 35.0 Å². The fourth-order valence-electron chi connectivity index (χ4n) is 2.73. The van der Waals surface area contributed by atoms with E-state index in [2.05, 4.69) is 0 Å². The molecule has 1 aliphatic rings. The summed E-state index contributed by atoms with van der Waals surface area (Å²) in [7, 11) is 1.32. The Kier molecular flexibility index (Phi) is 5.57. The van der Waals surface area contributed by atoms with Crippen molar-refractivity contribution in [1.29, 1.82) is 0 Å². The highest BCUT2D eigenvalue weighted by Gasteiger charge is 2.43. The summed E-state index contributed by atoms with van der Waals surface area (Å²) >= 11 is 13.7. The molecule has 1 aliphatic heterocycles. The van der Waals surface area contributed by atoms with Gasteiger partial charge in [0.25, 0.3) is 5.91 Å². The molecule has 2 aromatic rings. The fraction of sp³-hybridized carbons (Fsp3) is 0.222. The third kappa shape index (κ3) is 3.64. The summed E-state index contributed by atoms with van der Waals surface area (Å²) in [5, 5.41) is 0.736. The molecule has 1 saturated heterocycles. The third-order valence-corrected chi connectivity index (χ3v) is 5.87. The van der Waals surface area contributed by atoms with Gasteiger partial charge in [-0.3, -0.25) is 4.79 Å². The van der Waals surface area contributed by atoms with Crippen LogP contribution < -0.4 is 0 Å². The Morgan fingerprint density at radius 2 is 1.80 bits per heavy atom. The predicted molar refractivity (Wildman–Crippen MR) is 100 cm³/mol. The first-order chi connectivity index (χ1) is 12.0. The molecule has 0 radical (unpaired) electrons. The van der Waals surface area contributed by atoms with Gasteiger partial charge in [-0.1, -0.05) is 41.4 Å². The molecule has 7 heteroatoms. The lowest BCUT2D eigenvalue weighted by Gasteiger charge is -2.28. The van der Waals surface area contributed by atoms with Gasteiger partial charge in [0.05, 0.1) is 7.11 Å². The average Bonchev–Trinajstić information content (AvgIpc) is 3.06. The van der Waals surface area contributed by atoms with E-state index in [1.54, 1.807) is 35.2 Å². The highest BCUT2D eigenvalue weighted by molar-refractivity contribution is 7.99. The minimum atomic E-state index is -0.667. The number of carbonyl (C=O) groups is 2. The van der Waals surface area contributed by atoms with Gasteiger partial charge >= 0.3 is 5.97 Å². The second kappa shape index (κ2) is 7.68. The molecule has 1 fully saturated rings. The van der Waals surface area contributed by atoms with Crippen molar-refractivity contribution in [3.05, 3.63) is 69.7 Å². The minimum Gasteiger partial charge on any atom is -0.467 e. The van der Waals surface area contributed by atoms with Gasteiger partial charge in [-0.2, -0.15) is 0 Å². The Balaban J connectivity index is 2.01. The van der Waals surface area contributed by atoms with Gasteiger partial charge in [-0.15, -0.1) is 11.8 Å². The molecule has 0 aromatic heterocycles. The van der Waals surface area contributed by atoms with Crippen molar-refractivity contribution < 1.29 is 14.3 Å². The number of rotatable bonds is 3. The Morgan fingerprint density at radius 1 is 1.12 bits per heavy atom. The Bertz CT molecular complexity index is 797. The summed E-state index contributed by atoms with van der Waals surface area (Å²) in [6.07, 6.45) is 0. The van der Waals surface area contributed by atoms with Gasteiger partial charge in [0, 0.05) is 26.9 Å². The van der Waals surface area contributed by atoms with Crippen LogP contribution in [0.2, 0.25) is 10.0 Å². The highest BCUT2D eigenvalue weighted by atomic mass is 35.5. The maximum absolute atomic E-state index is 13.1. The number of nitrogens with zero attached hydrogens (tertiary/aromatic N) is 1. The smallest absolute Gasteiger partial charge is 0.329 e. The summed E-state index contributed by atoms with van der Waals surface area (Å²) in [4.78, 5) is 26.8. The maximum Gasteiger partial charge on any atom is 0.329 e. The molecule has 0 aliphatic carbocycles. The zero-order chi connectivity index (χ0) is 18.0. The molecule has 2 unspecified atom stereocenters. The minimum absolute atomic E-state index is 0.262. The second-order valence-electron chi connectivity index (χ2n) is 5.47. The summed E-state index contributed by atoms with van der Waals surface area (Å²) in [6.45, 7) is 0. The SMILES string of the molecule is COC(=O)C1CSC(c2ccccc2Cl)N1C(=O)c1ccc(Cl)cc1. The molecule has 1 heterocycles. The lowest BCUT2D eigenvalue weighted by Crippen LogP contribution is -2.43. The zero-order valence-electron chi connectivity index (χ0n) is 13.3. The van der Waals surface area contributed by atoms with Crippen LogP contribution in [0.1, 0.15) is 21.3 Å². The average molecular weight is 396 g/mol. The molecule has 2 atom stereocenters. The predicted octanol–water partition coefficient (Wildman–Crippen LogP) is 4.42. The monoisotopic (exact) mass is 395 g/mol. The number of methoxy groups -OCH3 is 1. The molecule has 0 bridgehead atoms. The van der Waals surface area contributed by atoms with E-state index >= 15 is 0 Å². The van der Waals surface area contributed by atoms with Crippen molar-refractivity contribution in [2.24, 2.45) is 0 Å². The number of halogens is 2. The molecule has 1 amide bonds. The molecular formula is C18H15Cl2NO3S. The molecule has 3 rings (SSSR count). The van der Waals surface area contributed by atoms with Gasteiger partial charge < -0.3 is 9.64 Å². The van der Waals surface area contributed by atoms with Crippen LogP contribution in [0.15, 0.2) is 48.5 Å². The standard InChI is InChI=1S/C18H15Cl2NO3S/c1-24-18(23)15-10-25-17(13-4-2-3-5-14(13)20)21(15)16(22)11-6-8-12(19)9-7-11/h2-9,15,17H,10H2,1H3. The van der Waals surface area contributed by atoms with E-state index in [9.17, 15) is 9.59 Å². The van der Waals surface area contributed by atoms with Crippen LogP contribution in [-0.2, 0) is 9.53 Å². The van der Waals surface area contributed by atoms with Crippen LogP contribution in [0.5, 0.6) is 0 Å². The van der Waals surface area contributed by atoms with E-state index in [1.165, 1.54) is 18.9 Å². The summed E-state index contributed by atoms with van der Waals surface area (Å²) in [6, 6.07) is 13.2. The fourth-order valence-corrected chi connectivity index (χ4v) is 4.61. The highest BCUT2D eigenvalue weighted by Crippen LogP contribution is 2.44. The van der Waals surface area contributed by atoms with E-state index in [1.807, 2.05) is 18.2 Å². The molecular weight excluding hydrogens is 381 g/mol. The van der Waals surface area contributed by atoms with E-state index in [-0.39, 0.29) is 11.3 Å². The normalized spacial score (nSPS) is 19.7. The van der Waals surface area contributed by atoms with Crippen molar-refractivity contribution in [2.45, 2.75) is 11.4 Å². The molecule has 25 heavy (non-hydrogen) atoms. The largest absolute Gasteiger partial charge is 0.467 e. The Labute approximate surface area is 160 Å². The van der Waals surface area contributed by atoms with Gasteiger partial charge in [-0.25, -0.2) is 4.79 Å². The number of benzene rings is 2. The third-order valence-electron chi connectivity index (χ3n) is 3.97. The molecule has 0 saturated carbocycles. The summed E-state index contributed by atoms with van der Waals surface area (Å²) < 4.78 is 4.88. The van der Waals surface area contributed by atoms with Crippen LogP contribution in [-0.4, -0.2) is 35.7 Å². The van der Waals surface area contributed by atoms with Crippen molar-refractivity contribution in [2.75, 3.05) is 12.9 Å². The van der Waals surface area contributed by atoms with Gasteiger partial charge in [0.1, 0.15) is 11.4 Å². The van der Waals surface area contributed by atoms with E-state index < -0.39 is 12.0 Å². The second-order valence-corrected chi connectivity index (χ2v) is 7.42. The number of thioether (sulfide) groups is 1. The number of carbonyl (C=O) groups excluding carboxylic acids is 2. The zero-order valence-corrected chi connectivity index (χ0v) is 15.6. The summed E-state index contributed by atoms with van der Waals surface area (Å²) in [5.41, 5.74) is 1.25. The number of esters is 1. The van der Waals surface area contributed by atoms with Crippen LogP contribution in [0.3, 0.4) is 0 Å². The van der Waals surface area contributed by atoms with Gasteiger partial charge in [0.2, 0.25) is 0 Å². The first-order valence-electron chi connectivity index (χ1n) is 7.55. The van der Waals surface area contributed by atoms with Crippen LogP contribution in [0.4, 0.5) is 0 Å². The molecule has 2 aromatic carbocycles. The number of hydrogen-bond acceptors (Lipinski definition) is 4. The number of hydrogen-bond donors (Lipinski definition) is 0. The lowest BCUT2D eigenvalue weighted by atomic mass is 10.1. The van der Waals surface area contributed by atoms with E-state index in [0.29, 0.717) is 21.4 Å². The van der Waals surface area contributed by atoms with Gasteiger partial charge in [0.15, 0.2) is 0 Å². The van der Waals surface area contributed by atoms with E-state index in [4.69, 9.17) is 27.9 Å².